The van der Waals surface area contributed by atoms with Crippen molar-refractivity contribution >= 4 is 17.7 Å². The van der Waals surface area contributed by atoms with E-state index in [1.807, 2.05) is 0 Å². The maximum Gasteiger partial charge on any atom is 0.266 e. The van der Waals surface area contributed by atoms with Gasteiger partial charge >= 0.3 is 0 Å². The van der Waals surface area contributed by atoms with Crippen LogP contribution in [0.5, 0.6) is 5.75 Å². The number of phenolic OH excluding ortho intramolecular Hbond substituents is 1. The van der Waals surface area contributed by atoms with E-state index >= 15 is 0 Å². The van der Waals surface area contributed by atoms with Crippen LogP contribution in [-0.4, -0.2) is 11.0 Å². The fraction of sp³-hybridized carbons (Fsp3) is 0.0588. The second-order valence-electron chi connectivity index (χ2n) is 4.68. The van der Waals surface area contributed by atoms with E-state index in [1.54, 1.807) is 31.2 Å². The largest absolute Gasteiger partial charge is 0.508 e. The minimum absolute atomic E-state index is 0.0343. The lowest BCUT2D eigenvalue weighted by Crippen LogP contribution is -2.13. The van der Waals surface area contributed by atoms with Crippen LogP contribution < -0.4 is 5.32 Å². The van der Waals surface area contributed by atoms with E-state index in [-0.39, 0.29) is 17.0 Å². The molecule has 2 aromatic carbocycles. The van der Waals surface area contributed by atoms with Crippen LogP contribution in [0.15, 0.2) is 48.0 Å². The first-order chi connectivity index (χ1) is 10.5. The molecule has 0 aliphatic carbocycles. The molecule has 2 rings (SSSR count). The molecule has 5 heteroatoms. The van der Waals surface area contributed by atoms with Gasteiger partial charge in [0.15, 0.2) is 0 Å². The van der Waals surface area contributed by atoms with Gasteiger partial charge in [-0.15, -0.1) is 0 Å². The average Bonchev–Trinajstić information content (AvgIpc) is 2.48. The van der Waals surface area contributed by atoms with Gasteiger partial charge in [-0.3, -0.25) is 4.79 Å². The highest BCUT2D eigenvalue weighted by Gasteiger charge is 2.10. The van der Waals surface area contributed by atoms with Gasteiger partial charge in [0.1, 0.15) is 23.2 Å². The van der Waals surface area contributed by atoms with Gasteiger partial charge in [0, 0.05) is 5.69 Å². The Labute approximate surface area is 127 Å². The highest BCUT2D eigenvalue weighted by molar-refractivity contribution is 6.09. The highest BCUT2D eigenvalue weighted by atomic mass is 19.1. The van der Waals surface area contributed by atoms with Gasteiger partial charge in [0.05, 0.1) is 0 Å². The van der Waals surface area contributed by atoms with E-state index in [2.05, 4.69) is 5.32 Å². The second-order valence-corrected chi connectivity index (χ2v) is 4.68. The third kappa shape index (κ3) is 3.70. The zero-order valence-electron chi connectivity index (χ0n) is 11.8. The molecule has 0 aromatic heterocycles. The highest BCUT2D eigenvalue weighted by Crippen LogP contribution is 2.17. The molecule has 2 aromatic rings. The molecular formula is C17H13FN2O2. The summed E-state index contributed by atoms with van der Waals surface area (Å²) in [5.74, 6) is -1.05. The van der Waals surface area contributed by atoms with Gasteiger partial charge in [-0.05, 0) is 48.4 Å². The maximum atomic E-state index is 13.4. The van der Waals surface area contributed by atoms with Crippen LogP contribution in [0.25, 0.3) is 6.08 Å². The normalized spacial score (nSPS) is 10.9. The van der Waals surface area contributed by atoms with Gasteiger partial charge in [-0.2, -0.15) is 5.26 Å². The number of nitrogens with zero attached hydrogens (tertiary/aromatic N) is 1. The summed E-state index contributed by atoms with van der Waals surface area (Å²) < 4.78 is 13.4. The molecule has 0 radical (unpaired) electrons. The smallest absolute Gasteiger partial charge is 0.266 e. The van der Waals surface area contributed by atoms with E-state index in [4.69, 9.17) is 5.26 Å². The first-order valence-electron chi connectivity index (χ1n) is 6.48. The number of hydrogen-bond acceptors (Lipinski definition) is 3. The molecule has 0 aliphatic heterocycles. The van der Waals surface area contributed by atoms with Crippen LogP contribution in [0.3, 0.4) is 0 Å². The van der Waals surface area contributed by atoms with Crippen molar-refractivity contribution in [1.82, 2.24) is 0 Å². The minimum Gasteiger partial charge on any atom is -0.508 e. The molecule has 0 aliphatic rings. The third-order valence-corrected chi connectivity index (χ3v) is 2.98. The molecular weight excluding hydrogens is 283 g/mol. The van der Waals surface area contributed by atoms with E-state index in [9.17, 15) is 14.3 Å². The van der Waals surface area contributed by atoms with Crippen LogP contribution in [0.2, 0.25) is 0 Å². The summed E-state index contributed by atoms with van der Waals surface area (Å²) in [5.41, 5.74) is 1.10. The quantitative estimate of drug-likeness (QED) is 0.673. The zero-order chi connectivity index (χ0) is 16.1. The lowest BCUT2D eigenvalue weighted by atomic mass is 10.1. The maximum absolute atomic E-state index is 13.4. The molecule has 1 amide bonds. The number of phenols is 1. The monoisotopic (exact) mass is 296 g/mol. The molecule has 0 fully saturated rings. The summed E-state index contributed by atoms with van der Waals surface area (Å²) in [6.07, 6.45) is 1.35. The molecule has 0 atom stereocenters. The van der Waals surface area contributed by atoms with E-state index in [0.29, 0.717) is 11.1 Å². The number of halogens is 1. The van der Waals surface area contributed by atoms with Gasteiger partial charge < -0.3 is 10.4 Å². The number of carbonyl (C=O) groups is 1. The van der Waals surface area contributed by atoms with E-state index in [0.717, 1.165) is 0 Å². The van der Waals surface area contributed by atoms with Crippen LogP contribution >= 0.6 is 0 Å². The predicted octanol–water partition coefficient (Wildman–Crippen LogP) is 3.39. The predicted molar refractivity (Wildman–Crippen MR) is 81.5 cm³/mol. The molecule has 4 nitrogen and oxygen atoms in total. The molecule has 22 heavy (non-hydrogen) atoms. The van der Waals surface area contributed by atoms with Crippen molar-refractivity contribution in [3.05, 3.63) is 65.0 Å². The lowest BCUT2D eigenvalue weighted by Gasteiger charge is -2.05. The molecule has 0 spiro atoms. The van der Waals surface area contributed by atoms with Crippen LogP contribution in [0.1, 0.15) is 11.1 Å². The van der Waals surface area contributed by atoms with Gasteiger partial charge in [-0.25, -0.2) is 4.39 Å². The van der Waals surface area contributed by atoms with Crippen molar-refractivity contribution in [2.75, 3.05) is 5.32 Å². The van der Waals surface area contributed by atoms with Gasteiger partial charge in [-0.1, -0.05) is 18.2 Å². The summed E-state index contributed by atoms with van der Waals surface area (Å²) in [7, 11) is 0. The number of carbonyl (C=O) groups excluding carboxylic acids is 1. The van der Waals surface area contributed by atoms with Crippen molar-refractivity contribution in [2.45, 2.75) is 6.92 Å². The van der Waals surface area contributed by atoms with Crippen molar-refractivity contribution in [3.63, 3.8) is 0 Å². The molecule has 0 heterocycles. The Bertz CT molecular complexity index is 791. The first-order valence-corrected chi connectivity index (χ1v) is 6.48. The van der Waals surface area contributed by atoms with E-state index in [1.165, 1.54) is 30.3 Å². The van der Waals surface area contributed by atoms with Crippen LogP contribution in [0, 0.1) is 24.1 Å². The Morgan fingerprint density at radius 1 is 1.32 bits per heavy atom. The zero-order valence-corrected chi connectivity index (χ0v) is 11.8. The summed E-state index contributed by atoms with van der Waals surface area (Å²) >= 11 is 0. The number of nitrogens with one attached hydrogen (secondary N) is 1. The van der Waals surface area contributed by atoms with Gasteiger partial charge in [0.25, 0.3) is 5.91 Å². The van der Waals surface area contributed by atoms with Crippen LogP contribution in [0.4, 0.5) is 10.1 Å². The Hall–Kier alpha value is -3.13. The fourth-order valence-electron chi connectivity index (χ4n) is 1.80. The number of rotatable bonds is 3. The number of benzene rings is 2. The van der Waals surface area contributed by atoms with E-state index < -0.39 is 11.7 Å². The number of aryl methyl sites for hydroxylation is 1. The van der Waals surface area contributed by atoms with Gasteiger partial charge in [0.2, 0.25) is 0 Å². The summed E-state index contributed by atoms with van der Waals surface area (Å²) in [6, 6.07) is 12.2. The molecule has 0 saturated heterocycles. The molecule has 110 valence electrons. The number of hydrogen-bond donors (Lipinski definition) is 2. The number of nitriles is 1. The average molecular weight is 296 g/mol. The van der Waals surface area contributed by atoms with Crippen LogP contribution in [-0.2, 0) is 4.79 Å². The standard InChI is InChI=1S/C17H13FN2O2/c1-11-5-6-14(9-16(11)18)20-17(22)13(10-19)7-12-3-2-4-15(21)8-12/h2-9,21H,1H3,(H,20,22)/b13-7+. The topological polar surface area (TPSA) is 73.1 Å². The molecule has 0 saturated carbocycles. The summed E-state index contributed by atoms with van der Waals surface area (Å²) in [4.78, 5) is 12.0. The van der Waals surface area contributed by atoms with Crippen molar-refractivity contribution in [1.29, 1.82) is 5.26 Å². The Kier molecular flexibility index (Phi) is 4.54. The fourth-order valence-corrected chi connectivity index (χ4v) is 1.80. The molecule has 0 unspecified atom stereocenters. The molecule has 2 N–H and O–H groups in total. The van der Waals surface area contributed by atoms with Crippen molar-refractivity contribution in [2.24, 2.45) is 0 Å². The SMILES string of the molecule is Cc1ccc(NC(=O)/C(C#N)=C/c2cccc(O)c2)cc1F. The Balaban J connectivity index is 2.22. The number of aromatic hydroxyl groups is 1. The van der Waals surface area contributed by atoms with Crippen molar-refractivity contribution in [3.8, 4) is 11.8 Å². The second kappa shape index (κ2) is 6.55. The summed E-state index contributed by atoms with van der Waals surface area (Å²) in [6.45, 7) is 1.61. The Morgan fingerprint density at radius 2 is 2.09 bits per heavy atom. The Morgan fingerprint density at radius 3 is 2.73 bits per heavy atom. The summed E-state index contributed by atoms with van der Waals surface area (Å²) in [5, 5.41) is 20.9. The minimum atomic E-state index is -0.644. The first kappa shape index (κ1) is 15.3. The molecule has 0 bridgehead atoms. The number of anilines is 1. The third-order valence-electron chi connectivity index (χ3n) is 2.98. The number of amides is 1. The lowest BCUT2D eigenvalue weighted by molar-refractivity contribution is -0.112. The van der Waals surface area contributed by atoms with Crippen molar-refractivity contribution < 1.29 is 14.3 Å².